The number of nitrogens with one attached hydrogen (secondary N) is 1. The zero-order chi connectivity index (χ0) is 12.7. The van der Waals surface area contributed by atoms with Crippen LogP contribution in [0.1, 0.15) is 33.1 Å². The molecule has 0 aromatic heterocycles. The Morgan fingerprint density at radius 1 is 1.41 bits per heavy atom. The van der Waals surface area contributed by atoms with Crippen molar-refractivity contribution in [1.82, 2.24) is 10.2 Å². The van der Waals surface area contributed by atoms with Crippen molar-refractivity contribution < 1.29 is 9.84 Å². The first kappa shape index (κ1) is 14.9. The van der Waals surface area contributed by atoms with Crippen LogP contribution in [0.2, 0.25) is 0 Å². The van der Waals surface area contributed by atoms with Gasteiger partial charge in [0.2, 0.25) is 0 Å². The third-order valence-corrected chi connectivity index (χ3v) is 3.07. The van der Waals surface area contributed by atoms with Crippen molar-refractivity contribution in [2.75, 3.05) is 33.3 Å². The Hall–Kier alpha value is -0.160. The SMILES string of the molecule is CC(C)NCC(O)CN(C)CC1CCCCO1. The predicted molar refractivity (Wildman–Crippen MR) is 70.2 cm³/mol. The first-order valence-electron chi connectivity index (χ1n) is 6.79. The summed E-state index contributed by atoms with van der Waals surface area (Å²) in [6.07, 6.45) is 3.69. The summed E-state index contributed by atoms with van der Waals surface area (Å²) in [6.45, 7) is 7.38. The van der Waals surface area contributed by atoms with Gasteiger partial charge in [-0.1, -0.05) is 13.8 Å². The van der Waals surface area contributed by atoms with Crippen molar-refractivity contribution in [3.8, 4) is 0 Å². The van der Waals surface area contributed by atoms with Crippen LogP contribution in [0.25, 0.3) is 0 Å². The molecule has 1 heterocycles. The quantitative estimate of drug-likeness (QED) is 0.697. The van der Waals surface area contributed by atoms with Gasteiger partial charge in [-0.3, -0.25) is 0 Å². The molecule has 1 rings (SSSR count). The number of aliphatic hydroxyl groups excluding tert-OH is 1. The molecule has 1 fully saturated rings. The summed E-state index contributed by atoms with van der Waals surface area (Å²) >= 11 is 0. The Labute approximate surface area is 105 Å². The second kappa shape index (κ2) is 8.03. The first-order valence-corrected chi connectivity index (χ1v) is 6.79. The van der Waals surface area contributed by atoms with Gasteiger partial charge < -0.3 is 20.1 Å². The van der Waals surface area contributed by atoms with Crippen molar-refractivity contribution >= 4 is 0 Å². The van der Waals surface area contributed by atoms with Gasteiger partial charge in [-0.15, -0.1) is 0 Å². The molecule has 4 nitrogen and oxygen atoms in total. The molecule has 0 amide bonds. The van der Waals surface area contributed by atoms with E-state index < -0.39 is 0 Å². The molecule has 0 radical (unpaired) electrons. The average molecular weight is 244 g/mol. The molecule has 0 spiro atoms. The van der Waals surface area contributed by atoms with E-state index in [0.29, 0.717) is 25.2 Å². The third-order valence-electron chi connectivity index (χ3n) is 3.07. The smallest absolute Gasteiger partial charge is 0.0791 e. The zero-order valence-electron chi connectivity index (χ0n) is 11.5. The van der Waals surface area contributed by atoms with Crippen molar-refractivity contribution in [2.45, 2.75) is 51.4 Å². The van der Waals surface area contributed by atoms with Crippen molar-refractivity contribution in [3.63, 3.8) is 0 Å². The van der Waals surface area contributed by atoms with Crippen molar-refractivity contribution in [2.24, 2.45) is 0 Å². The number of rotatable bonds is 7. The van der Waals surface area contributed by atoms with Gasteiger partial charge in [0.1, 0.15) is 0 Å². The van der Waals surface area contributed by atoms with Gasteiger partial charge in [-0.25, -0.2) is 0 Å². The molecule has 0 saturated carbocycles. The number of aliphatic hydroxyl groups is 1. The van der Waals surface area contributed by atoms with Gasteiger partial charge in [0.05, 0.1) is 12.2 Å². The first-order chi connectivity index (χ1) is 8.08. The Bertz CT molecular complexity index is 194. The molecule has 4 heteroatoms. The Kier molecular flexibility index (Phi) is 7.04. The molecule has 2 N–H and O–H groups in total. The molecule has 2 unspecified atom stereocenters. The summed E-state index contributed by atoms with van der Waals surface area (Å²) in [7, 11) is 2.05. The van der Waals surface area contributed by atoms with Crippen molar-refractivity contribution in [3.05, 3.63) is 0 Å². The summed E-state index contributed by atoms with van der Waals surface area (Å²) in [6, 6.07) is 0.427. The van der Waals surface area contributed by atoms with Crippen LogP contribution >= 0.6 is 0 Å². The highest BCUT2D eigenvalue weighted by molar-refractivity contribution is 4.71. The third kappa shape index (κ3) is 6.99. The summed E-state index contributed by atoms with van der Waals surface area (Å²) in [5, 5.41) is 13.1. The van der Waals surface area contributed by atoms with E-state index in [0.717, 1.165) is 19.6 Å². The van der Waals surface area contributed by atoms with Crippen LogP contribution in [0.3, 0.4) is 0 Å². The fraction of sp³-hybridized carbons (Fsp3) is 1.00. The van der Waals surface area contributed by atoms with Gasteiger partial charge in [0, 0.05) is 32.3 Å². The minimum atomic E-state index is -0.300. The van der Waals surface area contributed by atoms with Crippen LogP contribution < -0.4 is 5.32 Å². The largest absolute Gasteiger partial charge is 0.390 e. The Balaban J connectivity index is 2.12. The fourth-order valence-electron chi connectivity index (χ4n) is 2.17. The average Bonchev–Trinajstić information content (AvgIpc) is 2.27. The van der Waals surface area contributed by atoms with E-state index in [1.807, 2.05) is 0 Å². The summed E-state index contributed by atoms with van der Waals surface area (Å²) in [5.74, 6) is 0. The minimum Gasteiger partial charge on any atom is -0.390 e. The van der Waals surface area contributed by atoms with E-state index >= 15 is 0 Å². The van der Waals surface area contributed by atoms with Gasteiger partial charge >= 0.3 is 0 Å². The van der Waals surface area contributed by atoms with Crippen LogP contribution in [0, 0.1) is 0 Å². The lowest BCUT2D eigenvalue weighted by Crippen LogP contribution is -2.42. The van der Waals surface area contributed by atoms with Crippen molar-refractivity contribution in [1.29, 1.82) is 0 Å². The molecule has 0 aliphatic carbocycles. The standard InChI is InChI=1S/C13H28N2O2/c1-11(2)14-8-12(16)9-15(3)10-13-6-4-5-7-17-13/h11-14,16H,4-10H2,1-3H3. The lowest BCUT2D eigenvalue weighted by Gasteiger charge is -2.28. The molecule has 0 aromatic rings. The van der Waals surface area contributed by atoms with Gasteiger partial charge in [0.25, 0.3) is 0 Å². The zero-order valence-corrected chi connectivity index (χ0v) is 11.5. The van der Waals surface area contributed by atoms with Gasteiger partial charge in [-0.2, -0.15) is 0 Å². The minimum absolute atomic E-state index is 0.300. The summed E-state index contributed by atoms with van der Waals surface area (Å²) < 4.78 is 5.69. The Morgan fingerprint density at radius 3 is 2.76 bits per heavy atom. The van der Waals surface area contributed by atoms with Crippen LogP contribution in [0.15, 0.2) is 0 Å². The normalized spacial score (nSPS) is 23.3. The number of nitrogens with zero attached hydrogens (tertiary/aromatic N) is 1. The van der Waals surface area contributed by atoms with Crippen LogP contribution in [0.5, 0.6) is 0 Å². The van der Waals surface area contributed by atoms with E-state index in [2.05, 4.69) is 31.1 Å². The molecule has 1 saturated heterocycles. The fourth-order valence-corrected chi connectivity index (χ4v) is 2.17. The second-order valence-electron chi connectivity index (χ2n) is 5.43. The summed E-state index contributed by atoms with van der Waals surface area (Å²) in [4.78, 5) is 2.17. The lowest BCUT2D eigenvalue weighted by atomic mass is 10.1. The number of ether oxygens (including phenoxy) is 1. The molecule has 1 aliphatic heterocycles. The van der Waals surface area contributed by atoms with E-state index in [4.69, 9.17) is 4.74 Å². The molecule has 2 atom stereocenters. The highest BCUT2D eigenvalue weighted by Crippen LogP contribution is 2.13. The molecule has 102 valence electrons. The van der Waals surface area contributed by atoms with Gasteiger partial charge in [0.15, 0.2) is 0 Å². The molecule has 17 heavy (non-hydrogen) atoms. The molecule has 1 aliphatic rings. The molecular formula is C13H28N2O2. The van der Waals surface area contributed by atoms with Crippen LogP contribution in [-0.2, 0) is 4.74 Å². The predicted octanol–water partition coefficient (Wildman–Crippen LogP) is 0.846. The maximum Gasteiger partial charge on any atom is 0.0791 e. The van der Waals surface area contributed by atoms with Crippen LogP contribution in [0.4, 0.5) is 0 Å². The summed E-state index contributed by atoms with van der Waals surface area (Å²) in [5.41, 5.74) is 0. The van der Waals surface area contributed by atoms with E-state index in [9.17, 15) is 5.11 Å². The maximum absolute atomic E-state index is 9.85. The lowest BCUT2D eigenvalue weighted by molar-refractivity contribution is -0.00778. The highest BCUT2D eigenvalue weighted by Gasteiger charge is 2.17. The molecule has 0 aromatic carbocycles. The van der Waals surface area contributed by atoms with E-state index in [-0.39, 0.29) is 6.10 Å². The number of likely N-dealkylation sites (N-methyl/N-ethyl adjacent to an activating group) is 1. The topological polar surface area (TPSA) is 44.7 Å². The second-order valence-corrected chi connectivity index (χ2v) is 5.43. The maximum atomic E-state index is 9.85. The van der Waals surface area contributed by atoms with E-state index in [1.165, 1.54) is 12.8 Å². The van der Waals surface area contributed by atoms with Crippen LogP contribution in [-0.4, -0.2) is 61.5 Å². The highest BCUT2D eigenvalue weighted by atomic mass is 16.5. The van der Waals surface area contributed by atoms with Gasteiger partial charge in [-0.05, 0) is 26.3 Å². The van der Waals surface area contributed by atoms with E-state index in [1.54, 1.807) is 0 Å². The number of hydrogen-bond donors (Lipinski definition) is 2. The monoisotopic (exact) mass is 244 g/mol. The molecule has 0 bridgehead atoms. The number of hydrogen-bond acceptors (Lipinski definition) is 4. The molecular weight excluding hydrogens is 216 g/mol. The Morgan fingerprint density at radius 2 is 2.18 bits per heavy atom.